The fourth-order valence-corrected chi connectivity index (χ4v) is 3.05. The van der Waals surface area contributed by atoms with Crippen LogP contribution in [0.5, 0.6) is 0 Å². The van der Waals surface area contributed by atoms with Gasteiger partial charge in [0.05, 0.1) is 5.69 Å². The van der Waals surface area contributed by atoms with E-state index in [1.807, 2.05) is 17.0 Å². The standard InChI is InChI=1S/C11H14N2O2S/c1-2-8-13-9-7-12-16(14,15)11-6-4-3-5-10(11)13/h2-6,12H,1,7-9H2. The van der Waals surface area contributed by atoms with Crippen molar-refractivity contribution in [2.75, 3.05) is 24.5 Å². The van der Waals surface area contributed by atoms with Crippen LogP contribution >= 0.6 is 0 Å². The molecule has 86 valence electrons. The summed E-state index contributed by atoms with van der Waals surface area (Å²) in [6, 6.07) is 7.02. The van der Waals surface area contributed by atoms with Gasteiger partial charge in [0.2, 0.25) is 10.0 Å². The van der Waals surface area contributed by atoms with Crippen LogP contribution in [0.4, 0.5) is 5.69 Å². The largest absolute Gasteiger partial charge is 0.365 e. The summed E-state index contributed by atoms with van der Waals surface area (Å²) in [4.78, 5) is 2.34. The molecular formula is C11H14N2O2S. The molecule has 0 aliphatic carbocycles. The van der Waals surface area contributed by atoms with Crippen molar-refractivity contribution in [2.24, 2.45) is 0 Å². The van der Waals surface area contributed by atoms with Crippen molar-refractivity contribution >= 4 is 15.7 Å². The number of anilines is 1. The molecular weight excluding hydrogens is 224 g/mol. The molecule has 1 aliphatic heterocycles. The van der Waals surface area contributed by atoms with E-state index in [1.165, 1.54) is 0 Å². The minimum atomic E-state index is -3.36. The first-order chi connectivity index (χ1) is 7.65. The Morgan fingerprint density at radius 1 is 1.44 bits per heavy atom. The number of fused-ring (bicyclic) bond motifs is 1. The summed E-state index contributed by atoms with van der Waals surface area (Å²) >= 11 is 0. The molecule has 4 nitrogen and oxygen atoms in total. The van der Waals surface area contributed by atoms with Gasteiger partial charge in [-0.2, -0.15) is 0 Å². The lowest BCUT2D eigenvalue weighted by atomic mass is 10.3. The zero-order chi connectivity index (χ0) is 11.6. The first kappa shape index (κ1) is 11.2. The molecule has 0 radical (unpaired) electrons. The Morgan fingerprint density at radius 2 is 2.19 bits per heavy atom. The van der Waals surface area contributed by atoms with Crippen LogP contribution in [0, 0.1) is 0 Å². The van der Waals surface area contributed by atoms with Crippen molar-refractivity contribution < 1.29 is 8.42 Å². The number of benzene rings is 1. The Bertz CT molecular complexity index is 496. The maximum absolute atomic E-state index is 11.9. The molecule has 1 N–H and O–H groups in total. The van der Waals surface area contributed by atoms with Gasteiger partial charge in [-0.25, -0.2) is 13.1 Å². The Morgan fingerprint density at radius 3 is 2.94 bits per heavy atom. The molecule has 1 aliphatic rings. The van der Waals surface area contributed by atoms with Gasteiger partial charge in [0.25, 0.3) is 0 Å². The second-order valence-corrected chi connectivity index (χ2v) is 5.34. The lowest BCUT2D eigenvalue weighted by Crippen LogP contribution is -2.30. The fraction of sp³-hybridized carbons (Fsp3) is 0.273. The van der Waals surface area contributed by atoms with E-state index < -0.39 is 10.0 Å². The second kappa shape index (κ2) is 4.27. The third-order valence-corrected chi connectivity index (χ3v) is 4.03. The van der Waals surface area contributed by atoms with Crippen LogP contribution in [0.1, 0.15) is 0 Å². The van der Waals surface area contributed by atoms with Crippen molar-refractivity contribution in [3.63, 3.8) is 0 Å². The van der Waals surface area contributed by atoms with Crippen LogP contribution in [0.2, 0.25) is 0 Å². The lowest BCUT2D eigenvalue weighted by molar-refractivity contribution is 0.585. The van der Waals surface area contributed by atoms with Gasteiger partial charge in [-0.1, -0.05) is 18.2 Å². The van der Waals surface area contributed by atoms with Crippen molar-refractivity contribution in [1.82, 2.24) is 4.72 Å². The van der Waals surface area contributed by atoms with Crippen LogP contribution in [0.25, 0.3) is 0 Å². The monoisotopic (exact) mass is 238 g/mol. The number of nitrogens with zero attached hydrogens (tertiary/aromatic N) is 1. The van der Waals surface area contributed by atoms with Gasteiger partial charge >= 0.3 is 0 Å². The van der Waals surface area contributed by atoms with E-state index in [-0.39, 0.29) is 0 Å². The highest BCUT2D eigenvalue weighted by Crippen LogP contribution is 2.26. The Kier molecular flexibility index (Phi) is 2.98. The van der Waals surface area contributed by atoms with E-state index in [9.17, 15) is 8.42 Å². The number of para-hydroxylation sites is 1. The van der Waals surface area contributed by atoms with Crippen LogP contribution in [-0.2, 0) is 10.0 Å². The topological polar surface area (TPSA) is 49.4 Å². The first-order valence-electron chi connectivity index (χ1n) is 5.10. The second-order valence-electron chi connectivity index (χ2n) is 3.60. The van der Waals surface area contributed by atoms with Crippen LogP contribution < -0.4 is 9.62 Å². The minimum absolute atomic E-state index is 0.342. The van der Waals surface area contributed by atoms with Gasteiger partial charge in [-0.05, 0) is 12.1 Å². The summed E-state index contributed by atoms with van der Waals surface area (Å²) in [6.07, 6.45) is 1.77. The maximum Gasteiger partial charge on any atom is 0.242 e. The molecule has 0 saturated carbocycles. The third kappa shape index (κ3) is 1.96. The highest BCUT2D eigenvalue weighted by Gasteiger charge is 2.24. The molecule has 0 aromatic heterocycles. The Balaban J connectivity index is 2.55. The van der Waals surface area contributed by atoms with E-state index in [1.54, 1.807) is 18.2 Å². The molecule has 0 fully saturated rings. The van der Waals surface area contributed by atoms with E-state index in [0.29, 0.717) is 24.5 Å². The molecule has 1 aromatic rings. The summed E-state index contributed by atoms with van der Waals surface area (Å²) in [5.74, 6) is 0. The molecule has 16 heavy (non-hydrogen) atoms. The van der Waals surface area contributed by atoms with Gasteiger partial charge in [0.1, 0.15) is 4.90 Å². The smallest absolute Gasteiger partial charge is 0.242 e. The molecule has 0 atom stereocenters. The molecule has 0 spiro atoms. The number of hydrogen-bond donors (Lipinski definition) is 1. The number of nitrogens with one attached hydrogen (secondary N) is 1. The predicted octanol–water partition coefficient (Wildman–Crippen LogP) is 0.971. The van der Waals surface area contributed by atoms with Gasteiger partial charge in [-0.15, -0.1) is 6.58 Å². The Hall–Kier alpha value is -1.33. The van der Waals surface area contributed by atoms with Crippen LogP contribution in [0.15, 0.2) is 41.8 Å². The molecule has 0 bridgehead atoms. The number of rotatable bonds is 2. The summed E-state index contributed by atoms with van der Waals surface area (Å²) in [5.41, 5.74) is 0.743. The SMILES string of the molecule is C=CCN1CCNS(=O)(=O)c2ccccc21. The molecule has 0 unspecified atom stereocenters. The highest BCUT2D eigenvalue weighted by atomic mass is 32.2. The molecule has 0 saturated heterocycles. The summed E-state index contributed by atoms with van der Waals surface area (Å²) < 4.78 is 26.3. The molecule has 1 heterocycles. The normalized spacial score (nSPS) is 18.6. The first-order valence-corrected chi connectivity index (χ1v) is 6.58. The quantitative estimate of drug-likeness (QED) is 0.781. The molecule has 5 heteroatoms. The molecule has 0 amide bonds. The summed E-state index contributed by atoms with van der Waals surface area (Å²) in [6.45, 7) is 5.41. The van der Waals surface area contributed by atoms with Crippen LogP contribution in [-0.4, -0.2) is 28.1 Å². The lowest BCUT2D eigenvalue weighted by Gasteiger charge is -2.21. The van der Waals surface area contributed by atoms with E-state index in [0.717, 1.165) is 5.69 Å². The fourth-order valence-electron chi connectivity index (χ4n) is 1.80. The summed E-state index contributed by atoms with van der Waals surface area (Å²) in [5, 5.41) is 0. The maximum atomic E-state index is 11.9. The van der Waals surface area contributed by atoms with Crippen LogP contribution in [0.3, 0.4) is 0 Å². The number of hydrogen-bond acceptors (Lipinski definition) is 3. The van der Waals surface area contributed by atoms with Gasteiger partial charge < -0.3 is 4.90 Å². The van der Waals surface area contributed by atoms with Crippen molar-refractivity contribution in [1.29, 1.82) is 0 Å². The van der Waals surface area contributed by atoms with Gasteiger partial charge in [0.15, 0.2) is 0 Å². The zero-order valence-corrected chi connectivity index (χ0v) is 9.70. The van der Waals surface area contributed by atoms with E-state index >= 15 is 0 Å². The van der Waals surface area contributed by atoms with Gasteiger partial charge in [-0.3, -0.25) is 0 Å². The average Bonchev–Trinajstić information content (AvgIpc) is 2.39. The highest BCUT2D eigenvalue weighted by molar-refractivity contribution is 7.89. The van der Waals surface area contributed by atoms with Crippen molar-refractivity contribution in [2.45, 2.75) is 4.90 Å². The average molecular weight is 238 g/mol. The summed E-state index contributed by atoms with van der Waals surface area (Å²) in [7, 11) is -3.36. The minimum Gasteiger partial charge on any atom is -0.365 e. The molecule has 1 aromatic carbocycles. The molecule has 2 rings (SSSR count). The zero-order valence-electron chi connectivity index (χ0n) is 8.89. The number of sulfonamides is 1. The van der Waals surface area contributed by atoms with Crippen molar-refractivity contribution in [3.05, 3.63) is 36.9 Å². The van der Waals surface area contributed by atoms with Crippen molar-refractivity contribution in [3.8, 4) is 0 Å². The third-order valence-electron chi connectivity index (χ3n) is 2.52. The van der Waals surface area contributed by atoms with Gasteiger partial charge in [0, 0.05) is 19.6 Å². The van der Waals surface area contributed by atoms with E-state index in [4.69, 9.17) is 0 Å². The van der Waals surface area contributed by atoms with E-state index in [2.05, 4.69) is 11.3 Å². The Labute approximate surface area is 95.6 Å². The predicted molar refractivity (Wildman–Crippen MR) is 64.0 cm³/mol.